The minimum atomic E-state index is -0.486. The van der Waals surface area contributed by atoms with E-state index in [0.29, 0.717) is 0 Å². The summed E-state index contributed by atoms with van der Waals surface area (Å²) in [6.45, 7) is 5.53. The van der Waals surface area contributed by atoms with E-state index in [1.165, 1.54) is 11.1 Å². The Labute approximate surface area is 125 Å². The molecule has 0 saturated carbocycles. The molecule has 2 aromatic rings. The molecule has 0 unspecified atom stereocenters. The van der Waals surface area contributed by atoms with Gasteiger partial charge in [-0.05, 0) is 11.1 Å². The second-order valence-electron chi connectivity index (χ2n) is 3.68. The van der Waals surface area contributed by atoms with E-state index in [1.54, 1.807) is 0 Å². The van der Waals surface area contributed by atoms with Crippen molar-refractivity contribution >= 4 is 0 Å². The zero-order valence-corrected chi connectivity index (χ0v) is 13.1. The smallest absolute Gasteiger partial charge is 0.0184 e. The van der Waals surface area contributed by atoms with Crippen molar-refractivity contribution in [3.63, 3.8) is 0 Å². The molecule has 0 aliphatic carbocycles. The number of rotatable bonds is 5. The fraction of sp³-hybridized carbons (Fsp3) is 0.250. The molecule has 2 rings (SSSR count). The van der Waals surface area contributed by atoms with Gasteiger partial charge >= 0.3 is 53.6 Å². The van der Waals surface area contributed by atoms with Crippen molar-refractivity contribution in [2.24, 2.45) is 0 Å². The van der Waals surface area contributed by atoms with E-state index in [0.717, 1.165) is 13.2 Å². The molecule has 0 spiro atoms. The third kappa shape index (κ3) is 7.29. The first-order valence-corrected chi connectivity index (χ1v) is 7.75. The predicted octanol–water partition coefficient (Wildman–Crippen LogP) is 4.33. The second-order valence-corrected chi connectivity index (χ2v) is 4.84. The first kappa shape index (κ1) is 16.1. The van der Waals surface area contributed by atoms with Crippen molar-refractivity contribution in [1.82, 2.24) is 0 Å². The summed E-state index contributed by atoms with van der Waals surface area (Å²) < 4.78 is 9.95. The second kappa shape index (κ2) is 10.9. The van der Waals surface area contributed by atoms with Gasteiger partial charge in [0.05, 0.1) is 0 Å². The Balaban J connectivity index is 0.000000224. The summed E-state index contributed by atoms with van der Waals surface area (Å²) in [4.78, 5) is 0. The van der Waals surface area contributed by atoms with Gasteiger partial charge in [0.15, 0.2) is 0 Å². The molecule has 0 aliphatic rings. The van der Waals surface area contributed by atoms with Gasteiger partial charge in [0.1, 0.15) is 0 Å². The maximum atomic E-state index is 4.98. The van der Waals surface area contributed by atoms with Crippen LogP contribution in [0.3, 0.4) is 0 Å². The monoisotopic (exact) mass is 292 g/mol. The van der Waals surface area contributed by atoms with Crippen LogP contribution in [0.4, 0.5) is 0 Å². The summed E-state index contributed by atoms with van der Waals surface area (Å²) in [5, 5.41) is 0. The van der Waals surface area contributed by atoms with Crippen LogP contribution in [0.15, 0.2) is 60.7 Å². The molecule has 3 heteroatoms. The molecule has 0 amide bonds. The van der Waals surface area contributed by atoms with Crippen LogP contribution in [-0.2, 0) is 26.6 Å². The summed E-state index contributed by atoms with van der Waals surface area (Å²) >= 11 is -0.486. The minimum absolute atomic E-state index is 0.486. The molecular formula is C16H20O2Ti. The zero-order valence-electron chi connectivity index (χ0n) is 11.5. The van der Waals surface area contributed by atoms with E-state index in [1.807, 2.05) is 26.0 Å². The first-order chi connectivity index (χ1) is 9.38. The maximum Gasteiger partial charge on any atom is -0.0184 e. The third-order valence-corrected chi connectivity index (χ3v) is 3.56. The van der Waals surface area contributed by atoms with E-state index in [9.17, 15) is 0 Å². The maximum absolute atomic E-state index is 4.98. The fourth-order valence-electron chi connectivity index (χ4n) is 1.42. The summed E-state index contributed by atoms with van der Waals surface area (Å²) in [5.74, 6) is 0. The van der Waals surface area contributed by atoms with Gasteiger partial charge in [0, 0.05) is 0 Å². The fourth-order valence-corrected chi connectivity index (χ4v) is 1.92. The number of hydrogen-bond acceptors (Lipinski definition) is 2. The normalized spacial score (nSPS) is 9.37. The Bertz CT molecular complexity index is 376. The largest absolute Gasteiger partial charge is 0.0622 e. The van der Waals surface area contributed by atoms with Gasteiger partial charge in [-0.15, -0.1) is 0 Å². The van der Waals surface area contributed by atoms with Crippen LogP contribution in [0.2, 0.25) is 0 Å². The molecule has 0 bridgehead atoms. The molecule has 0 N–H and O–H groups in total. The summed E-state index contributed by atoms with van der Waals surface area (Å²) in [6.07, 6.45) is 0. The van der Waals surface area contributed by atoms with Crippen molar-refractivity contribution < 1.29 is 26.6 Å². The summed E-state index contributed by atoms with van der Waals surface area (Å²) in [6, 6.07) is 20.8. The molecule has 0 heterocycles. The molecule has 0 radical (unpaired) electrons. The average molecular weight is 292 g/mol. The predicted molar refractivity (Wildman–Crippen MR) is 75.1 cm³/mol. The Hall–Kier alpha value is -0.926. The average Bonchev–Trinajstić information content (AvgIpc) is 2.50. The summed E-state index contributed by atoms with van der Waals surface area (Å²) in [5.41, 5.74) is 2.55. The Morgan fingerprint density at radius 3 is 1.37 bits per heavy atom. The minimum Gasteiger partial charge on any atom is -0.0622 e. The third-order valence-electron chi connectivity index (χ3n) is 2.29. The van der Waals surface area contributed by atoms with E-state index in [4.69, 9.17) is 6.64 Å². The van der Waals surface area contributed by atoms with Crippen molar-refractivity contribution in [2.75, 3.05) is 13.2 Å². The molecule has 2 nitrogen and oxygen atoms in total. The Morgan fingerprint density at radius 2 is 1.05 bits per heavy atom. The molecule has 0 atom stereocenters. The number of benzene rings is 2. The molecule has 0 aromatic heterocycles. The molecule has 19 heavy (non-hydrogen) atoms. The van der Waals surface area contributed by atoms with Gasteiger partial charge in [-0.25, -0.2) is 0 Å². The van der Waals surface area contributed by atoms with Crippen molar-refractivity contribution in [3.05, 3.63) is 60.7 Å². The van der Waals surface area contributed by atoms with Crippen LogP contribution in [0.1, 0.15) is 13.8 Å². The van der Waals surface area contributed by atoms with E-state index in [-0.39, 0.29) is 0 Å². The molecule has 0 aliphatic heterocycles. The quantitative estimate of drug-likeness (QED) is 0.603. The van der Waals surface area contributed by atoms with Crippen LogP contribution >= 0.6 is 0 Å². The zero-order chi connectivity index (χ0) is 13.8. The number of hydrogen-bond donors (Lipinski definition) is 0. The van der Waals surface area contributed by atoms with Gasteiger partial charge in [0.2, 0.25) is 0 Å². The van der Waals surface area contributed by atoms with Crippen molar-refractivity contribution in [2.45, 2.75) is 13.8 Å². The van der Waals surface area contributed by atoms with Crippen LogP contribution in [0.5, 0.6) is 0 Å². The van der Waals surface area contributed by atoms with E-state index < -0.39 is 19.9 Å². The van der Waals surface area contributed by atoms with Gasteiger partial charge in [-0.2, -0.15) is 0 Å². The molecule has 0 fully saturated rings. The van der Waals surface area contributed by atoms with Gasteiger partial charge in [0.25, 0.3) is 0 Å². The van der Waals surface area contributed by atoms with Gasteiger partial charge in [-0.3, -0.25) is 0 Å². The summed E-state index contributed by atoms with van der Waals surface area (Å²) in [7, 11) is 0. The van der Waals surface area contributed by atoms with E-state index in [2.05, 4.69) is 48.5 Å². The van der Waals surface area contributed by atoms with E-state index >= 15 is 0 Å². The molecular weight excluding hydrogens is 272 g/mol. The SMILES string of the molecule is CC[O][Ti][O]CC.c1ccc(-c2ccccc2)cc1. The Kier molecular flexibility index (Phi) is 9.29. The molecule has 100 valence electrons. The van der Waals surface area contributed by atoms with Crippen LogP contribution < -0.4 is 0 Å². The molecule has 2 aromatic carbocycles. The standard InChI is InChI=1S/C12H10.2C2H5O.Ti/c1-3-7-11(8-4-1)12-9-5-2-6-10-12;2*1-2-3;/h1-10H;2*2H2,1H3;/q;2*-1;+2. The Morgan fingerprint density at radius 1 is 0.684 bits per heavy atom. The van der Waals surface area contributed by atoms with Crippen molar-refractivity contribution in [1.29, 1.82) is 0 Å². The van der Waals surface area contributed by atoms with Crippen LogP contribution in [0.25, 0.3) is 11.1 Å². The first-order valence-electron chi connectivity index (χ1n) is 6.47. The van der Waals surface area contributed by atoms with Crippen molar-refractivity contribution in [3.8, 4) is 11.1 Å². The molecule has 0 saturated heterocycles. The van der Waals surface area contributed by atoms with Crippen LogP contribution in [0, 0.1) is 0 Å². The van der Waals surface area contributed by atoms with Gasteiger partial charge in [-0.1, -0.05) is 60.7 Å². The van der Waals surface area contributed by atoms with Gasteiger partial charge < -0.3 is 0 Å². The van der Waals surface area contributed by atoms with Crippen LogP contribution in [-0.4, -0.2) is 13.2 Å². The topological polar surface area (TPSA) is 18.5 Å².